The molecular weight excluding hydrogens is 430 g/mol. The van der Waals surface area contributed by atoms with Gasteiger partial charge in [0.05, 0.1) is 31.7 Å². The summed E-state index contributed by atoms with van der Waals surface area (Å²) in [5.74, 6) is 2.37. The molecule has 3 aromatic rings. The quantitative estimate of drug-likeness (QED) is 0.296. The molecule has 3 rings (SSSR count). The molecule has 0 radical (unpaired) electrons. The lowest BCUT2D eigenvalue weighted by molar-refractivity contribution is -0.126. The minimum absolute atomic E-state index is 0.0544. The van der Waals surface area contributed by atoms with E-state index >= 15 is 0 Å². The van der Waals surface area contributed by atoms with Gasteiger partial charge in [-0.05, 0) is 69.9 Å². The molecule has 1 heterocycles. The number of Topliss-reactive ketones (excluding diaryl/α,β-unsaturated/α-hetero) is 2. The van der Waals surface area contributed by atoms with Crippen LogP contribution in [0.3, 0.4) is 0 Å². The van der Waals surface area contributed by atoms with Crippen molar-refractivity contribution in [2.24, 2.45) is 0 Å². The molecular formula is C28H33NO5. The van der Waals surface area contributed by atoms with Gasteiger partial charge in [0, 0.05) is 12.0 Å². The fourth-order valence-electron chi connectivity index (χ4n) is 3.82. The molecule has 1 aromatic heterocycles. The van der Waals surface area contributed by atoms with Gasteiger partial charge < -0.3 is 13.9 Å². The van der Waals surface area contributed by atoms with E-state index in [4.69, 9.17) is 13.9 Å². The molecule has 0 amide bonds. The van der Waals surface area contributed by atoms with Crippen LogP contribution in [0.5, 0.6) is 11.5 Å². The van der Waals surface area contributed by atoms with Crippen LogP contribution in [0.1, 0.15) is 55.7 Å². The minimum Gasteiger partial charge on any atom is -0.490 e. The summed E-state index contributed by atoms with van der Waals surface area (Å²) < 4.78 is 17.0. The second kappa shape index (κ2) is 12.2. The highest BCUT2D eigenvalue weighted by atomic mass is 16.5. The van der Waals surface area contributed by atoms with Crippen LogP contribution in [-0.4, -0.2) is 29.8 Å². The van der Waals surface area contributed by atoms with Crippen molar-refractivity contribution in [2.45, 2.75) is 59.8 Å². The third kappa shape index (κ3) is 6.80. The first-order chi connectivity index (χ1) is 16.4. The van der Waals surface area contributed by atoms with Gasteiger partial charge in [-0.25, -0.2) is 4.98 Å². The second-order valence-electron chi connectivity index (χ2n) is 8.27. The van der Waals surface area contributed by atoms with Crippen LogP contribution in [0.15, 0.2) is 46.9 Å². The lowest BCUT2D eigenvalue weighted by atomic mass is 10.0. The number of hydrogen-bond donors (Lipinski definition) is 0. The van der Waals surface area contributed by atoms with Gasteiger partial charge in [0.15, 0.2) is 11.5 Å². The van der Waals surface area contributed by atoms with E-state index in [0.717, 1.165) is 34.6 Å². The molecule has 0 N–H and O–H groups in total. The summed E-state index contributed by atoms with van der Waals surface area (Å²) in [5.41, 5.74) is 3.63. The molecule has 0 aliphatic carbocycles. The Morgan fingerprint density at radius 3 is 2.41 bits per heavy atom. The first kappa shape index (κ1) is 25.2. The minimum atomic E-state index is -0.141. The highest BCUT2D eigenvalue weighted by molar-refractivity contribution is 5.99. The van der Waals surface area contributed by atoms with Crippen molar-refractivity contribution in [1.82, 2.24) is 4.98 Å². The van der Waals surface area contributed by atoms with Gasteiger partial charge in [-0.1, -0.05) is 24.3 Å². The predicted molar refractivity (Wildman–Crippen MR) is 131 cm³/mol. The van der Waals surface area contributed by atoms with Crippen molar-refractivity contribution in [3.63, 3.8) is 0 Å². The molecule has 0 unspecified atom stereocenters. The Hall–Kier alpha value is -3.41. The number of aromatic nitrogens is 1. The molecule has 180 valence electrons. The van der Waals surface area contributed by atoms with Gasteiger partial charge in [0.25, 0.3) is 0 Å². The summed E-state index contributed by atoms with van der Waals surface area (Å²) in [7, 11) is 0. The predicted octanol–water partition coefficient (Wildman–Crippen LogP) is 5.85. The Labute approximate surface area is 201 Å². The third-order valence-electron chi connectivity index (χ3n) is 5.56. The van der Waals surface area contributed by atoms with Gasteiger partial charge in [0.2, 0.25) is 5.89 Å². The van der Waals surface area contributed by atoms with Crippen LogP contribution < -0.4 is 9.47 Å². The molecule has 0 spiro atoms. The smallest absolute Gasteiger partial charge is 0.226 e. The van der Waals surface area contributed by atoms with Gasteiger partial charge in [0.1, 0.15) is 17.3 Å². The number of rotatable bonds is 13. The second-order valence-corrected chi connectivity index (χ2v) is 8.27. The number of oxazole rings is 1. The van der Waals surface area contributed by atoms with Gasteiger partial charge in [-0.2, -0.15) is 0 Å². The summed E-state index contributed by atoms with van der Waals surface area (Å²) in [4.78, 5) is 29.4. The number of carbonyl (C=O) groups is 2. The summed E-state index contributed by atoms with van der Waals surface area (Å²) in [5, 5.41) is 0. The van der Waals surface area contributed by atoms with Crippen LogP contribution in [0.4, 0.5) is 0 Å². The van der Waals surface area contributed by atoms with Gasteiger partial charge in [-0.3, -0.25) is 9.59 Å². The van der Waals surface area contributed by atoms with E-state index in [1.165, 1.54) is 0 Å². The van der Waals surface area contributed by atoms with Gasteiger partial charge >= 0.3 is 0 Å². The first-order valence-electron chi connectivity index (χ1n) is 11.9. The van der Waals surface area contributed by atoms with Crippen LogP contribution in [0, 0.1) is 13.8 Å². The SMILES string of the molecule is CCOc1ccc(CCCC(=O)CC(=O)Cc2nc(-c3ccccc3C)oc2C)cc1OCC. The first-order valence-corrected chi connectivity index (χ1v) is 11.9. The maximum absolute atomic E-state index is 12.5. The van der Waals surface area contributed by atoms with Crippen molar-refractivity contribution in [3.8, 4) is 23.0 Å². The van der Waals surface area contributed by atoms with Gasteiger partial charge in [-0.15, -0.1) is 0 Å². The summed E-state index contributed by atoms with van der Waals surface area (Å²) in [6.07, 6.45) is 1.78. The molecule has 34 heavy (non-hydrogen) atoms. The molecule has 6 heteroatoms. The van der Waals surface area contributed by atoms with Crippen LogP contribution in [0.25, 0.3) is 11.5 Å². The molecule has 0 aliphatic heterocycles. The van der Waals surface area contributed by atoms with E-state index in [1.54, 1.807) is 6.92 Å². The van der Waals surface area contributed by atoms with E-state index in [-0.39, 0.29) is 24.4 Å². The van der Waals surface area contributed by atoms with E-state index in [2.05, 4.69) is 4.98 Å². The third-order valence-corrected chi connectivity index (χ3v) is 5.56. The molecule has 2 aromatic carbocycles. The van der Waals surface area contributed by atoms with Crippen molar-refractivity contribution < 1.29 is 23.5 Å². The van der Waals surface area contributed by atoms with Crippen LogP contribution in [0.2, 0.25) is 0 Å². The number of nitrogens with zero attached hydrogens (tertiary/aromatic N) is 1. The number of ketones is 2. The zero-order valence-corrected chi connectivity index (χ0v) is 20.5. The summed E-state index contributed by atoms with van der Waals surface area (Å²) in [6.45, 7) is 8.78. The number of carbonyl (C=O) groups excluding carboxylic acids is 2. The summed E-state index contributed by atoms with van der Waals surface area (Å²) in [6, 6.07) is 13.7. The van der Waals surface area contributed by atoms with Crippen molar-refractivity contribution in [3.05, 3.63) is 65.0 Å². The van der Waals surface area contributed by atoms with Crippen molar-refractivity contribution in [1.29, 1.82) is 0 Å². The largest absolute Gasteiger partial charge is 0.490 e. The number of hydrogen-bond acceptors (Lipinski definition) is 6. The van der Waals surface area contributed by atoms with Crippen LogP contribution in [-0.2, 0) is 22.4 Å². The number of ether oxygens (including phenoxy) is 2. The number of benzene rings is 2. The monoisotopic (exact) mass is 463 g/mol. The Kier molecular flexibility index (Phi) is 9.02. The molecule has 0 bridgehead atoms. The lowest BCUT2D eigenvalue weighted by Gasteiger charge is -2.12. The average molecular weight is 464 g/mol. The molecule has 0 saturated carbocycles. The standard InChI is InChI=1S/C28H33NO5/c1-5-32-26-15-14-21(16-27(26)33-6-2)11-9-12-22(30)17-23(31)18-25-20(4)34-28(29-25)24-13-8-7-10-19(24)3/h7-8,10,13-16H,5-6,9,11-12,17-18H2,1-4H3. The summed E-state index contributed by atoms with van der Waals surface area (Å²) >= 11 is 0. The molecule has 0 atom stereocenters. The maximum Gasteiger partial charge on any atom is 0.226 e. The Balaban J connectivity index is 1.50. The maximum atomic E-state index is 12.5. The zero-order chi connectivity index (χ0) is 24.5. The normalized spacial score (nSPS) is 10.8. The molecule has 0 fully saturated rings. The fraction of sp³-hybridized carbons (Fsp3) is 0.393. The van der Waals surface area contributed by atoms with Crippen LogP contribution >= 0.6 is 0 Å². The topological polar surface area (TPSA) is 78.6 Å². The van der Waals surface area contributed by atoms with E-state index in [0.29, 0.717) is 43.4 Å². The molecule has 0 aliphatic rings. The Morgan fingerprint density at radius 2 is 1.68 bits per heavy atom. The number of aryl methyl sites for hydroxylation is 3. The highest BCUT2D eigenvalue weighted by Gasteiger charge is 2.17. The Morgan fingerprint density at radius 1 is 0.941 bits per heavy atom. The fourth-order valence-corrected chi connectivity index (χ4v) is 3.82. The van der Waals surface area contributed by atoms with Crippen molar-refractivity contribution >= 4 is 11.6 Å². The highest BCUT2D eigenvalue weighted by Crippen LogP contribution is 2.29. The average Bonchev–Trinajstić information content (AvgIpc) is 3.15. The van der Waals surface area contributed by atoms with Crippen molar-refractivity contribution in [2.75, 3.05) is 13.2 Å². The van der Waals surface area contributed by atoms with E-state index in [9.17, 15) is 9.59 Å². The molecule has 0 saturated heterocycles. The zero-order valence-electron chi connectivity index (χ0n) is 20.5. The lowest BCUT2D eigenvalue weighted by Crippen LogP contribution is -2.11. The van der Waals surface area contributed by atoms with E-state index in [1.807, 2.05) is 63.2 Å². The molecule has 6 nitrogen and oxygen atoms in total. The van der Waals surface area contributed by atoms with E-state index < -0.39 is 0 Å². The Bertz CT molecular complexity index is 1130.